The molecule has 0 saturated heterocycles. The number of carbonyl (C=O) groups is 2. The van der Waals surface area contributed by atoms with E-state index in [1.165, 1.54) is 0 Å². The average Bonchev–Trinajstić information content (AvgIpc) is 2.73. The topological polar surface area (TPSA) is 118 Å². The molecule has 0 unspecified atom stereocenters. The Hall–Kier alpha value is -3.33. The third-order valence-electron chi connectivity index (χ3n) is 3.89. The highest BCUT2D eigenvalue weighted by Gasteiger charge is 2.13. The fourth-order valence-electron chi connectivity index (χ4n) is 2.44. The molecule has 0 aliphatic carbocycles. The van der Waals surface area contributed by atoms with E-state index in [4.69, 9.17) is 34.0 Å². The van der Waals surface area contributed by atoms with Crippen LogP contribution in [0.1, 0.15) is 11.3 Å². The molecule has 9 nitrogen and oxygen atoms in total. The summed E-state index contributed by atoms with van der Waals surface area (Å²) >= 11 is 0. The highest BCUT2D eigenvalue weighted by Crippen LogP contribution is 2.35. The number of hydrogen-bond acceptors (Lipinski definition) is 7. The molecule has 0 bridgehead atoms. The Labute approximate surface area is 169 Å². The number of hydrogen-bond donors (Lipinski definition) is 2. The van der Waals surface area contributed by atoms with Crippen molar-refractivity contribution in [3.8, 4) is 17.2 Å². The molecule has 1 aromatic carbocycles. The summed E-state index contributed by atoms with van der Waals surface area (Å²) in [7, 11) is 7.01. The second kappa shape index (κ2) is 12.2. The van der Waals surface area contributed by atoms with Crippen molar-refractivity contribution in [3.05, 3.63) is 47.8 Å². The van der Waals surface area contributed by atoms with Gasteiger partial charge in [-0.15, -0.1) is 0 Å². The number of ether oxygens (including phenoxy) is 3. The van der Waals surface area contributed by atoms with Crippen LogP contribution in [0, 0.1) is 0 Å². The monoisotopic (exact) mass is 406 g/mol. The predicted octanol–water partition coefficient (Wildman–Crippen LogP) is 1.94. The molecule has 0 spiro atoms. The fraction of sp³-hybridized carbons (Fsp3) is 0.350. The van der Waals surface area contributed by atoms with Crippen LogP contribution in [0.25, 0.3) is 0 Å². The molecule has 0 aliphatic heterocycles. The third kappa shape index (κ3) is 8.06. The van der Waals surface area contributed by atoms with E-state index in [1.807, 2.05) is 36.5 Å². The average molecular weight is 406 g/mol. The van der Waals surface area contributed by atoms with Gasteiger partial charge in [-0.05, 0) is 25.2 Å². The van der Waals surface area contributed by atoms with E-state index in [0.29, 0.717) is 11.5 Å². The van der Waals surface area contributed by atoms with Gasteiger partial charge in [0.15, 0.2) is 11.5 Å². The second-order valence-electron chi connectivity index (χ2n) is 5.94. The standard InChI is InChI=1S/C18H24N2O3.C2H2O4/c1-20(10-8-15-7-5-6-9-19-15)13-14-11-17(22-3)18(23-4)12-16(14)21-2;3-1(4)2(5)6/h5-7,9,11-12H,8,10,13H2,1-4H3;(H,3,4)(H,5,6). The molecule has 158 valence electrons. The maximum Gasteiger partial charge on any atom is 0.414 e. The van der Waals surface area contributed by atoms with Crippen LogP contribution in [0.15, 0.2) is 36.5 Å². The second-order valence-corrected chi connectivity index (χ2v) is 5.94. The van der Waals surface area contributed by atoms with Crippen molar-refractivity contribution in [1.29, 1.82) is 0 Å². The van der Waals surface area contributed by atoms with Crippen LogP contribution in [0.5, 0.6) is 17.2 Å². The van der Waals surface area contributed by atoms with Gasteiger partial charge in [-0.1, -0.05) is 6.07 Å². The van der Waals surface area contributed by atoms with Crippen LogP contribution in [0.2, 0.25) is 0 Å². The van der Waals surface area contributed by atoms with E-state index in [-0.39, 0.29) is 0 Å². The first kappa shape index (κ1) is 23.7. The van der Waals surface area contributed by atoms with Gasteiger partial charge in [-0.25, -0.2) is 9.59 Å². The Bertz CT molecular complexity index is 785. The first-order valence-corrected chi connectivity index (χ1v) is 8.65. The first-order chi connectivity index (χ1) is 13.8. The van der Waals surface area contributed by atoms with Gasteiger partial charge in [0.25, 0.3) is 0 Å². The fourth-order valence-corrected chi connectivity index (χ4v) is 2.44. The number of pyridine rings is 1. The van der Waals surface area contributed by atoms with Crippen molar-refractivity contribution in [2.45, 2.75) is 13.0 Å². The largest absolute Gasteiger partial charge is 0.496 e. The highest BCUT2D eigenvalue weighted by molar-refractivity contribution is 6.27. The summed E-state index contributed by atoms with van der Waals surface area (Å²) in [6, 6.07) is 9.82. The molecule has 0 aliphatic rings. The van der Waals surface area contributed by atoms with Gasteiger partial charge >= 0.3 is 11.9 Å². The van der Waals surface area contributed by atoms with Gasteiger partial charge in [0.05, 0.1) is 21.3 Å². The number of carboxylic acid groups (broad SMARTS) is 2. The van der Waals surface area contributed by atoms with Crippen molar-refractivity contribution in [3.63, 3.8) is 0 Å². The smallest absolute Gasteiger partial charge is 0.414 e. The number of aliphatic carboxylic acids is 2. The summed E-state index contributed by atoms with van der Waals surface area (Å²) in [5, 5.41) is 14.8. The number of nitrogens with zero attached hydrogens (tertiary/aromatic N) is 2. The molecule has 2 N–H and O–H groups in total. The van der Waals surface area contributed by atoms with Gasteiger partial charge in [0.1, 0.15) is 5.75 Å². The summed E-state index contributed by atoms with van der Waals surface area (Å²) in [5.74, 6) is -1.47. The van der Waals surface area contributed by atoms with Crippen LogP contribution in [-0.2, 0) is 22.6 Å². The molecule has 0 fully saturated rings. The summed E-state index contributed by atoms with van der Waals surface area (Å²) in [6.45, 7) is 1.67. The Morgan fingerprint density at radius 2 is 1.55 bits per heavy atom. The molecule has 0 radical (unpaired) electrons. The molecular formula is C20H26N2O7. The molecule has 1 heterocycles. The molecule has 1 aromatic heterocycles. The highest BCUT2D eigenvalue weighted by atomic mass is 16.5. The van der Waals surface area contributed by atoms with Crippen LogP contribution in [-0.4, -0.2) is 67.0 Å². The molecule has 2 rings (SSSR count). The van der Waals surface area contributed by atoms with Crippen molar-refractivity contribution in [1.82, 2.24) is 9.88 Å². The van der Waals surface area contributed by atoms with Crippen molar-refractivity contribution < 1.29 is 34.0 Å². The van der Waals surface area contributed by atoms with Crippen molar-refractivity contribution in [2.24, 2.45) is 0 Å². The van der Waals surface area contributed by atoms with E-state index in [2.05, 4.69) is 16.9 Å². The molecule has 9 heteroatoms. The van der Waals surface area contributed by atoms with Gasteiger partial charge in [0, 0.05) is 43.0 Å². The minimum absolute atomic E-state index is 0.671. The van der Waals surface area contributed by atoms with E-state index >= 15 is 0 Å². The lowest BCUT2D eigenvalue weighted by Gasteiger charge is -2.20. The lowest BCUT2D eigenvalue weighted by atomic mass is 10.1. The molecule has 0 saturated carbocycles. The molecule has 2 aromatic rings. The minimum atomic E-state index is -1.82. The molecule has 29 heavy (non-hydrogen) atoms. The van der Waals surface area contributed by atoms with Crippen LogP contribution >= 0.6 is 0 Å². The lowest BCUT2D eigenvalue weighted by Crippen LogP contribution is -2.21. The maximum atomic E-state index is 9.10. The van der Waals surface area contributed by atoms with Gasteiger partial charge in [-0.3, -0.25) is 4.98 Å². The molecule has 0 atom stereocenters. The van der Waals surface area contributed by atoms with Crippen LogP contribution in [0.4, 0.5) is 0 Å². The lowest BCUT2D eigenvalue weighted by molar-refractivity contribution is -0.159. The first-order valence-electron chi connectivity index (χ1n) is 8.65. The number of benzene rings is 1. The van der Waals surface area contributed by atoms with E-state index in [0.717, 1.165) is 36.5 Å². The number of methoxy groups -OCH3 is 3. The van der Waals surface area contributed by atoms with Crippen LogP contribution in [0.3, 0.4) is 0 Å². The van der Waals surface area contributed by atoms with E-state index < -0.39 is 11.9 Å². The number of likely N-dealkylation sites (N-methyl/N-ethyl adjacent to an activating group) is 1. The zero-order valence-electron chi connectivity index (χ0n) is 16.9. The van der Waals surface area contributed by atoms with E-state index in [1.54, 1.807) is 21.3 Å². The van der Waals surface area contributed by atoms with Gasteiger partial charge < -0.3 is 29.3 Å². The minimum Gasteiger partial charge on any atom is -0.496 e. The Kier molecular flexibility index (Phi) is 9.97. The molecule has 0 amide bonds. The third-order valence-corrected chi connectivity index (χ3v) is 3.89. The number of aromatic nitrogens is 1. The summed E-state index contributed by atoms with van der Waals surface area (Å²) in [6.07, 6.45) is 2.74. The predicted molar refractivity (Wildman–Crippen MR) is 106 cm³/mol. The normalized spacial score (nSPS) is 9.97. The zero-order valence-corrected chi connectivity index (χ0v) is 16.9. The quantitative estimate of drug-likeness (QED) is 0.634. The molecular weight excluding hydrogens is 380 g/mol. The van der Waals surface area contributed by atoms with Gasteiger partial charge in [-0.2, -0.15) is 0 Å². The van der Waals surface area contributed by atoms with Crippen LogP contribution < -0.4 is 14.2 Å². The van der Waals surface area contributed by atoms with Crippen molar-refractivity contribution >= 4 is 11.9 Å². The number of carboxylic acids is 2. The SMILES string of the molecule is COc1cc(OC)c(OC)cc1CN(C)CCc1ccccn1.O=C(O)C(=O)O. The Morgan fingerprint density at radius 3 is 2.03 bits per heavy atom. The Morgan fingerprint density at radius 1 is 0.966 bits per heavy atom. The summed E-state index contributed by atoms with van der Waals surface area (Å²) in [5.41, 5.74) is 2.16. The van der Waals surface area contributed by atoms with Gasteiger partial charge in [0.2, 0.25) is 0 Å². The summed E-state index contributed by atoms with van der Waals surface area (Å²) < 4.78 is 16.2. The number of rotatable bonds is 8. The summed E-state index contributed by atoms with van der Waals surface area (Å²) in [4.78, 5) is 24.8. The Balaban J connectivity index is 0.000000612. The van der Waals surface area contributed by atoms with E-state index in [9.17, 15) is 0 Å². The zero-order chi connectivity index (χ0) is 21.8. The maximum absolute atomic E-state index is 9.10. The van der Waals surface area contributed by atoms with Crippen molar-refractivity contribution in [2.75, 3.05) is 34.9 Å².